The van der Waals surface area contributed by atoms with Crippen LogP contribution in [0.4, 0.5) is 17.1 Å². The molecular weight excluding hydrogens is 823 g/mol. The highest BCUT2D eigenvalue weighted by Gasteiger charge is 2.32. The van der Waals surface area contributed by atoms with Crippen molar-refractivity contribution in [2.75, 3.05) is 28.2 Å². The minimum atomic E-state index is -2.05. The van der Waals surface area contributed by atoms with Crippen LogP contribution in [0.1, 0.15) is 36.1 Å². The monoisotopic (exact) mass is 874 g/mol. The third-order valence-electron chi connectivity index (χ3n) is 11.6. The second kappa shape index (κ2) is 19.1. The summed E-state index contributed by atoms with van der Waals surface area (Å²) in [6.45, 7) is 12.9. The van der Waals surface area contributed by atoms with Gasteiger partial charge in [0.2, 0.25) is 11.0 Å². The van der Waals surface area contributed by atoms with E-state index in [9.17, 15) is 4.91 Å². The van der Waals surface area contributed by atoms with Gasteiger partial charge in [0, 0.05) is 77.3 Å². The number of rotatable bonds is 15. The number of hydrogen-bond acceptors (Lipinski definition) is 7. The van der Waals surface area contributed by atoms with Crippen LogP contribution in [-0.4, -0.2) is 23.3 Å². The highest BCUT2D eigenvalue weighted by Crippen LogP contribution is 2.60. The quantitative estimate of drug-likeness (QED) is 0.0255. The van der Waals surface area contributed by atoms with E-state index in [1.807, 2.05) is 29.6 Å². The Morgan fingerprint density at radius 2 is 1.26 bits per heavy atom. The Kier molecular flexibility index (Phi) is 13.2. The summed E-state index contributed by atoms with van der Waals surface area (Å²) < 4.78 is 15.5. The fourth-order valence-corrected chi connectivity index (χ4v) is 12.7. The first-order chi connectivity index (χ1) is 30.2. The zero-order chi connectivity index (χ0) is 43.2. The molecule has 0 aromatic heterocycles. The maximum Gasteiger partial charge on any atom is 0.212 e. The van der Waals surface area contributed by atoms with E-state index in [-0.39, 0.29) is 0 Å². The molecule has 0 unspecified atom stereocenters. The molecule has 0 atom stereocenters. The molecule has 0 N–H and O–H groups in total. The van der Waals surface area contributed by atoms with E-state index >= 15 is 0 Å². The van der Waals surface area contributed by atoms with Crippen LogP contribution in [0.5, 0.6) is 0 Å². The normalized spacial score (nSPS) is 12.4. The minimum Gasteiger partial charge on any atom is -0.456 e. The Hall–Kier alpha value is -5.74. The van der Waals surface area contributed by atoms with Gasteiger partial charge in [0.15, 0.2) is 11.2 Å². The standard InChI is InChI=1S/C53H52N3O3S3/c1-7-62(8-2,59-54-57)50-28-16-15-27-47(50)51-45-31-29-41(55(35-60-43-23-11-9-12-24-43)52-37(3)19-17-20-38(52)4)33-48(45)58-49-34-42(30-32-46(49)51)56(36-61-44-25-13-10-14-26-44)53-39(5)21-18-22-40(53)6/h9-34H,7-8,35-36H2,1-6H3/q+1. The van der Waals surface area contributed by atoms with Gasteiger partial charge < -0.3 is 13.6 Å². The summed E-state index contributed by atoms with van der Waals surface area (Å²) in [5.74, 6) is 3.47. The van der Waals surface area contributed by atoms with Crippen LogP contribution in [0.25, 0.3) is 33.4 Å². The van der Waals surface area contributed by atoms with Gasteiger partial charge >= 0.3 is 0 Å². The van der Waals surface area contributed by atoms with Gasteiger partial charge in [0.25, 0.3) is 0 Å². The number of thioether (sulfide) groups is 2. The van der Waals surface area contributed by atoms with Crippen LogP contribution in [-0.2, 0) is 4.28 Å². The maximum atomic E-state index is 11.9. The molecule has 6 aromatic rings. The number of anilines is 2. The number of benzene rings is 7. The summed E-state index contributed by atoms with van der Waals surface area (Å²) in [7, 11) is -2.05. The van der Waals surface area contributed by atoms with Crippen molar-refractivity contribution in [2.24, 2.45) is 5.34 Å². The third kappa shape index (κ3) is 8.67. The van der Waals surface area contributed by atoms with E-state index in [0.29, 0.717) is 23.3 Å². The Bertz CT molecular complexity index is 2850. The molecule has 6 aromatic carbocycles. The molecule has 62 heavy (non-hydrogen) atoms. The predicted octanol–water partition coefficient (Wildman–Crippen LogP) is 15.0. The highest BCUT2D eigenvalue weighted by atomic mass is 32.3. The van der Waals surface area contributed by atoms with Crippen LogP contribution in [0, 0.1) is 32.6 Å². The van der Waals surface area contributed by atoms with Crippen molar-refractivity contribution < 1.29 is 8.70 Å². The lowest BCUT2D eigenvalue weighted by atomic mass is 9.93. The predicted molar refractivity (Wildman–Crippen MR) is 265 cm³/mol. The first-order valence-electron chi connectivity index (χ1n) is 21.0. The molecule has 1 heterocycles. The maximum absolute atomic E-state index is 11.9. The third-order valence-corrected chi connectivity index (χ3v) is 17.0. The summed E-state index contributed by atoms with van der Waals surface area (Å²) in [4.78, 5) is 17.7. The van der Waals surface area contributed by atoms with Gasteiger partial charge in [-0.1, -0.05) is 117 Å². The van der Waals surface area contributed by atoms with Crippen molar-refractivity contribution in [3.63, 3.8) is 0 Å². The lowest BCUT2D eigenvalue weighted by molar-refractivity contribution is 0.377. The number of hydrogen-bond donors (Lipinski definition) is 0. The molecule has 1 aliphatic carbocycles. The summed E-state index contributed by atoms with van der Waals surface area (Å²) in [6.07, 6.45) is 0. The first kappa shape index (κ1) is 42.9. The van der Waals surface area contributed by atoms with E-state index in [1.165, 1.54) is 43.4 Å². The van der Waals surface area contributed by atoms with Crippen molar-refractivity contribution in [2.45, 2.75) is 56.2 Å². The average molecular weight is 875 g/mol. The van der Waals surface area contributed by atoms with Crippen molar-refractivity contribution in [1.82, 2.24) is 4.58 Å². The minimum absolute atomic E-state index is 0.654. The van der Waals surface area contributed by atoms with Gasteiger partial charge in [0.05, 0.1) is 11.9 Å². The van der Waals surface area contributed by atoms with Crippen molar-refractivity contribution in [3.05, 3.63) is 190 Å². The van der Waals surface area contributed by atoms with E-state index in [0.717, 1.165) is 49.4 Å². The Balaban J connectivity index is 1.41. The number of fused-ring (bicyclic) bond motifs is 2. The first-order valence-corrected chi connectivity index (χ1v) is 24.9. The van der Waals surface area contributed by atoms with Gasteiger partial charge in [0.1, 0.15) is 11.3 Å². The van der Waals surface area contributed by atoms with Gasteiger partial charge in [-0.2, -0.15) is 4.58 Å². The molecule has 0 saturated carbocycles. The molecule has 0 spiro atoms. The highest BCUT2D eigenvalue weighted by molar-refractivity contribution is 8.29. The molecule has 8 rings (SSSR count). The Morgan fingerprint density at radius 1 is 0.645 bits per heavy atom. The summed E-state index contributed by atoms with van der Waals surface area (Å²) in [6, 6.07) is 55.7. The van der Waals surface area contributed by atoms with Crippen LogP contribution in [0.3, 0.4) is 0 Å². The van der Waals surface area contributed by atoms with Crippen molar-refractivity contribution in [3.8, 4) is 22.5 Å². The van der Waals surface area contributed by atoms with E-state index in [1.54, 1.807) is 0 Å². The number of aryl methyl sites for hydroxylation is 4. The van der Waals surface area contributed by atoms with Crippen LogP contribution >= 0.6 is 33.8 Å². The molecule has 0 amide bonds. The molecule has 314 valence electrons. The number of nitrogens with zero attached hydrogens (tertiary/aromatic N) is 3. The van der Waals surface area contributed by atoms with E-state index in [2.05, 4.69) is 208 Å². The molecule has 6 nitrogen and oxygen atoms in total. The fourth-order valence-electron chi connectivity index (χ4n) is 8.52. The Morgan fingerprint density at radius 3 is 1.90 bits per heavy atom. The van der Waals surface area contributed by atoms with Gasteiger partial charge in [-0.3, -0.25) is 0 Å². The van der Waals surface area contributed by atoms with Gasteiger partial charge in [-0.15, -0.1) is 16.7 Å². The zero-order valence-electron chi connectivity index (χ0n) is 36.1. The molecule has 1 aliphatic heterocycles. The lowest BCUT2D eigenvalue weighted by Gasteiger charge is -2.35. The van der Waals surface area contributed by atoms with Crippen molar-refractivity contribution in [1.29, 1.82) is 0 Å². The Labute approximate surface area is 375 Å². The van der Waals surface area contributed by atoms with Gasteiger partial charge in [-0.25, -0.2) is 0 Å². The second-order valence-corrected chi connectivity index (χ2v) is 20.8. The molecule has 0 saturated heterocycles. The summed E-state index contributed by atoms with van der Waals surface area (Å²) in [5.41, 5.74) is 12.0. The smallest absolute Gasteiger partial charge is 0.212 e. The molecule has 0 radical (unpaired) electrons. The van der Waals surface area contributed by atoms with Crippen LogP contribution in [0.15, 0.2) is 182 Å². The van der Waals surface area contributed by atoms with E-state index in [4.69, 9.17) is 8.70 Å². The van der Waals surface area contributed by atoms with E-state index < -0.39 is 10.3 Å². The topological polar surface area (TPSA) is 58.0 Å². The molecule has 0 bridgehead atoms. The second-order valence-electron chi connectivity index (χ2n) is 15.4. The summed E-state index contributed by atoms with van der Waals surface area (Å²) in [5, 5.41) is 5.07. The molecule has 0 fully saturated rings. The lowest BCUT2D eigenvalue weighted by Crippen LogP contribution is -2.26. The van der Waals surface area contributed by atoms with Crippen molar-refractivity contribution >= 4 is 61.9 Å². The zero-order valence-corrected chi connectivity index (χ0v) is 38.6. The fraction of sp³-hybridized carbons (Fsp3) is 0.189. The molecular formula is C53H52N3O3S3+. The molecule has 2 aliphatic rings. The largest absolute Gasteiger partial charge is 0.456 e. The average Bonchev–Trinajstić information content (AvgIpc) is 3.29. The number of para-hydroxylation sites is 2. The van der Waals surface area contributed by atoms with Crippen LogP contribution in [0.2, 0.25) is 0 Å². The summed E-state index contributed by atoms with van der Waals surface area (Å²) >= 11 is 3.62. The SMILES string of the molecule is CCS(CC)(ON=O)c1ccccc1-c1c2cc/c(=[N+](/CSc3ccccc3)c3c(C)cccc3C)cc-2oc2cc(N(CSc3ccccc3)c3c(C)cccc3C)ccc12. The van der Waals surface area contributed by atoms with Crippen LogP contribution < -0.4 is 14.8 Å². The molecule has 9 heteroatoms. The van der Waals surface area contributed by atoms with Gasteiger partial charge in [-0.05, 0) is 103 Å².